The van der Waals surface area contributed by atoms with Crippen molar-refractivity contribution in [2.75, 3.05) is 18.5 Å². The van der Waals surface area contributed by atoms with E-state index in [1.165, 1.54) is 6.42 Å². The van der Waals surface area contributed by atoms with E-state index in [-0.39, 0.29) is 0 Å². The third kappa shape index (κ3) is 2.50. The summed E-state index contributed by atoms with van der Waals surface area (Å²) in [7, 11) is 0. The first kappa shape index (κ1) is 12.3. The maximum absolute atomic E-state index is 9.49. The van der Waals surface area contributed by atoms with E-state index in [1.807, 2.05) is 18.2 Å². The summed E-state index contributed by atoms with van der Waals surface area (Å²) in [5.41, 5.74) is 7.35. The summed E-state index contributed by atoms with van der Waals surface area (Å²) in [5.74, 6) is 1.00. The van der Waals surface area contributed by atoms with Crippen molar-refractivity contribution >= 4 is 11.5 Å². The lowest BCUT2D eigenvalue weighted by Gasteiger charge is -2.23. The highest BCUT2D eigenvalue weighted by molar-refractivity contribution is 6.06. The molecule has 0 spiro atoms. The van der Waals surface area contributed by atoms with Crippen LogP contribution < -0.4 is 21.1 Å². The zero-order chi connectivity index (χ0) is 13.2. The van der Waals surface area contributed by atoms with Gasteiger partial charge in [0, 0.05) is 6.04 Å². The second-order valence-electron chi connectivity index (χ2n) is 4.82. The van der Waals surface area contributed by atoms with Gasteiger partial charge in [-0.3, -0.25) is 0 Å². The van der Waals surface area contributed by atoms with Crippen molar-refractivity contribution in [1.82, 2.24) is 5.32 Å². The Morgan fingerprint density at radius 2 is 2.37 bits per heavy atom. The van der Waals surface area contributed by atoms with Crippen LogP contribution in [0, 0.1) is 0 Å². The Morgan fingerprint density at radius 1 is 1.47 bits per heavy atom. The molecule has 0 saturated carbocycles. The number of benzene rings is 1. The fraction of sp³-hybridized carbons (Fsp3) is 0.462. The number of hydrogen-bond acceptors (Lipinski definition) is 6. The lowest BCUT2D eigenvalue weighted by atomic mass is 10.1. The summed E-state index contributed by atoms with van der Waals surface area (Å²) in [6.45, 7) is 1.67. The van der Waals surface area contributed by atoms with Crippen molar-refractivity contribution in [3.63, 3.8) is 0 Å². The summed E-state index contributed by atoms with van der Waals surface area (Å²) < 4.78 is 5.85. The largest absolute Gasteiger partial charge is 0.491 e. The lowest BCUT2D eigenvalue weighted by Crippen LogP contribution is -2.31. The minimum absolute atomic E-state index is 0.302. The highest BCUT2D eigenvalue weighted by atomic mass is 16.5. The Morgan fingerprint density at radius 3 is 3.16 bits per heavy atom. The number of nitrogens with zero attached hydrogens (tertiary/aromatic N) is 1. The number of hydrogen-bond donors (Lipinski definition) is 4. The molecule has 102 valence electrons. The van der Waals surface area contributed by atoms with Crippen LogP contribution in [-0.4, -0.2) is 36.5 Å². The lowest BCUT2D eigenvalue weighted by molar-refractivity contribution is 0.212. The van der Waals surface area contributed by atoms with Gasteiger partial charge in [0.05, 0.1) is 11.3 Å². The monoisotopic (exact) mass is 262 g/mol. The van der Waals surface area contributed by atoms with Gasteiger partial charge in [-0.05, 0) is 31.5 Å². The SMILES string of the molecule is NC1=NC(O)Nc2cccc(OC[C@@H]3CCCN3)c21. The summed E-state index contributed by atoms with van der Waals surface area (Å²) in [5, 5.41) is 15.7. The molecule has 6 heteroatoms. The third-order valence-corrected chi connectivity index (χ3v) is 3.43. The normalized spacial score (nSPS) is 25.4. The predicted octanol–water partition coefficient (Wildman–Crippen LogP) is 0.224. The average molecular weight is 262 g/mol. The van der Waals surface area contributed by atoms with Gasteiger partial charge < -0.3 is 26.2 Å². The number of anilines is 1. The van der Waals surface area contributed by atoms with E-state index in [0.717, 1.165) is 24.2 Å². The molecule has 6 nitrogen and oxygen atoms in total. The molecule has 5 N–H and O–H groups in total. The molecule has 0 radical (unpaired) electrons. The Labute approximate surface area is 111 Å². The van der Waals surface area contributed by atoms with E-state index in [2.05, 4.69) is 15.6 Å². The van der Waals surface area contributed by atoms with Gasteiger partial charge in [0.1, 0.15) is 18.2 Å². The van der Waals surface area contributed by atoms with Crippen LogP contribution in [0.2, 0.25) is 0 Å². The first-order valence-corrected chi connectivity index (χ1v) is 6.51. The number of amidine groups is 1. The molecule has 2 aliphatic heterocycles. The van der Waals surface area contributed by atoms with Crippen molar-refractivity contribution in [2.24, 2.45) is 10.7 Å². The molecule has 0 bridgehead atoms. The Kier molecular flexibility index (Phi) is 3.27. The minimum Gasteiger partial charge on any atom is -0.491 e. The Bertz CT molecular complexity index is 497. The van der Waals surface area contributed by atoms with Crippen LogP contribution in [0.15, 0.2) is 23.2 Å². The molecule has 0 amide bonds. The Hall–Kier alpha value is -1.79. The fourth-order valence-corrected chi connectivity index (χ4v) is 2.49. The number of fused-ring (bicyclic) bond motifs is 1. The Balaban J connectivity index is 1.79. The summed E-state index contributed by atoms with van der Waals surface area (Å²) >= 11 is 0. The number of ether oxygens (including phenoxy) is 1. The van der Waals surface area contributed by atoms with Gasteiger partial charge in [0.25, 0.3) is 0 Å². The molecule has 1 aromatic rings. The molecule has 1 unspecified atom stereocenters. The van der Waals surface area contributed by atoms with Crippen molar-refractivity contribution in [1.29, 1.82) is 0 Å². The minimum atomic E-state index is -0.987. The highest BCUT2D eigenvalue weighted by Crippen LogP contribution is 2.29. The highest BCUT2D eigenvalue weighted by Gasteiger charge is 2.21. The van der Waals surface area contributed by atoms with Crippen molar-refractivity contribution in [3.8, 4) is 5.75 Å². The van der Waals surface area contributed by atoms with E-state index < -0.39 is 6.35 Å². The number of aliphatic imine (C=N–C) groups is 1. The van der Waals surface area contributed by atoms with Crippen LogP contribution in [0.4, 0.5) is 5.69 Å². The standard InChI is InChI=1S/C13H18N4O2/c14-12-11-9(16-13(18)17-12)4-1-5-10(11)19-7-8-3-2-6-15-8/h1,4-5,8,13,15-16,18H,2-3,6-7H2,(H2,14,17)/t8-,13?/m0/s1. The van der Waals surface area contributed by atoms with Crippen LogP contribution in [-0.2, 0) is 0 Å². The zero-order valence-electron chi connectivity index (χ0n) is 10.6. The van der Waals surface area contributed by atoms with E-state index in [1.54, 1.807) is 0 Å². The van der Waals surface area contributed by atoms with Crippen molar-refractivity contribution < 1.29 is 9.84 Å². The number of nitrogens with two attached hydrogens (primary N) is 1. The number of aliphatic hydroxyl groups is 1. The van der Waals surface area contributed by atoms with Crippen molar-refractivity contribution in [3.05, 3.63) is 23.8 Å². The van der Waals surface area contributed by atoms with Gasteiger partial charge in [-0.25, -0.2) is 4.99 Å². The first-order valence-electron chi connectivity index (χ1n) is 6.51. The fourth-order valence-electron chi connectivity index (χ4n) is 2.49. The van der Waals surface area contributed by atoms with Crippen LogP contribution in [0.5, 0.6) is 5.75 Å². The van der Waals surface area contributed by atoms with Crippen LogP contribution in [0.3, 0.4) is 0 Å². The molecule has 0 aliphatic carbocycles. The van der Waals surface area contributed by atoms with Gasteiger partial charge >= 0.3 is 0 Å². The average Bonchev–Trinajstić information content (AvgIpc) is 2.88. The number of rotatable bonds is 3. The van der Waals surface area contributed by atoms with Gasteiger partial charge in [-0.15, -0.1) is 0 Å². The molecule has 1 aromatic carbocycles. The number of aliphatic hydroxyl groups excluding tert-OH is 1. The second-order valence-corrected chi connectivity index (χ2v) is 4.82. The molecule has 2 atom stereocenters. The molecular formula is C13H18N4O2. The van der Waals surface area contributed by atoms with Gasteiger partial charge in [0.2, 0.25) is 6.35 Å². The van der Waals surface area contributed by atoms with Crippen LogP contribution >= 0.6 is 0 Å². The van der Waals surface area contributed by atoms with E-state index in [9.17, 15) is 5.11 Å². The zero-order valence-corrected chi connectivity index (χ0v) is 10.6. The van der Waals surface area contributed by atoms with Crippen LogP contribution in [0.25, 0.3) is 0 Å². The molecular weight excluding hydrogens is 244 g/mol. The van der Waals surface area contributed by atoms with E-state index in [0.29, 0.717) is 24.2 Å². The summed E-state index contributed by atoms with van der Waals surface area (Å²) in [6.07, 6.45) is 1.34. The van der Waals surface area contributed by atoms with E-state index in [4.69, 9.17) is 10.5 Å². The molecule has 2 heterocycles. The molecule has 1 fully saturated rings. The topological polar surface area (TPSA) is 91.9 Å². The first-order chi connectivity index (χ1) is 9.24. The maximum atomic E-state index is 9.49. The smallest absolute Gasteiger partial charge is 0.225 e. The predicted molar refractivity (Wildman–Crippen MR) is 73.3 cm³/mol. The van der Waals surface area contributed by atoms with Gasteiger partial charge in [-0.1, -0.05) is 6.07 Å². The third-order valence-electron chi connectivity index (χ3n) is 3.43. The van der Waals surface area contributed by atoms with Crippen molar-refractivity contribution in [2.45, 2.75) is 25.2 Å². The number of nitrogens with one attached hydrogen (secondary N) is 2. The van der Waals surface area contributed by atoms with Gasteiger partial charge in [-0.2, -0.15) is 0 Å². The van der Waals surface area contributed by atoms with Gasteiger partial charge in [0.15, 0.2) is 0 Å². The van der Waals surface area contributed by atoms with E-state index >= 15 is 0 Å². The second kappa shape index (κ2) is 5.07. The molecule has 19 heavy (non-hydrogen) atoms. The maximum Gasteiger partial charge on any atom is 0.225 e. The summed E-state index contributed by atoms with van der Waals surface area (Å²) in [4.78, 5) is 3.91. The molecule has 3 rings (SSSR count). The summed E-state index contributed by atoms with van der Waals surface area (Å²) in [6, 6.07) is 5.99. The molecule has 0 aromatic heterocycles. The quantitative estimate of drug-likeness (QED) is 0.625. The molecule has 1 saturated heterocycles. The molecule has 2 aliphatic rings. The van der Waals surface area contributed by atoms with Crippen LogP contribution in [0.1, 0.15) is 18.4 Å².